The number of likely N-dealkylation sites (tertiary alicyclic amines) is 1. The minimum absolute atomic E-state index is 0.0198. The molecule has 0 bridgehead atoms. The molecule has 2 aliphatic rings. The van der Waals surface area contributed by atoms with Crippen LogP contribution < -0.4 is 10.5 Å². The molecule has 0 aliphatic carbocycles. The number of nitrogens with two attached hydrogens (primary N) is 1. The van der Waals surface area contributed by atoms with Crippen molar-refractivity contribution in [2.45, 2.75) is 51.3 Å². The SMILES string of the molecule is CC(C)CC(=O)N1CCCC[C@@H]1COc1cccc2c1C(N)=NS(=O)(=O)C2. The fraction of sp³-hybridized carbons (Fsp3) is 0.579. The molecule has 1 aromatic rings. The molecular formula is C19H27N3O4S. The van der Waals surface area contributed by atoms with Crippen LogP contribution in [0, 0.1) is 5.92 Å². The number of ether oxygens (including phenoxy) is 1. The molecule has 8 heteroatoms. The molecule has 2 aliphatic heterocycles. The number of amidine groups is 1. The van der Waals surface area contributed by atoms with Gasteiger partial charge in [-0.2, -0.15) is 0 Å². The molecule has 0 unspecified atom stereocenters. The van der Waals surface area contributed by atoms with Crippen LogP contribution in [0.3, 0.4) is 0 Å². The smallest absolute Gasteiger partial charge is 0.259 e. The number of amides is 1. The first-order chi connectivity index (χ1) is 12.8. The molecular weight excluding hydrogens is 366 g/mol. The van der Waals surface area contributed by atoms with Crippen molar-refractivity contribution in [1.29, 1.82) is 0 Å². The summed E-state index contributed by atoms with van der Waals surface area (Å²) in [5, 5.41) is 0. The number of nitrogens with zero attached hydrogens (tertiary/aromatic N) is 2. The number of rotatable bonds is 5. The summed E-state index contributed by atoms with van der Waals surface area (Å²) in [6, 6.07) is 5.26. The molecule has 0 spiro atoms. The Kier molecular flexibility index (Phi) is 5.74. The number of piperidine rings is 1. The predicted molar refractivity (Wildman–Crippen MR) is 104 cm³/mol. The average Bonchev–Trinajstić information content (AvgIpc) is 2.58. The van der Waals surface area contributed by atoms with E-state index in [0.717, 1.165) is 25.8 Å². The first-order valence-corrected chi connectivity index (χ1v) is 11.0. The zero-order valence-corrected chi connectivity index (χ0v) is 16.7. The second kappa shape index (κ2) is 7.88. The van der Waals surface area contributed by atoms with E-state index < -0.39 is 10.0 Å². The monoisotopic (exact) mass is 393 g/mol. The molecule has 148 valence electrons. The molecule has 1 amide bonds. The molecule has 1 aromatic carbocycles. The van der Waals surface area contributed by atoms with Gasteiger partial charge < -0.3 is 15.4 Å². The normalized spacial score (nSPS) is 21.5. The van der Waals surface area contributed by atoms with Gasteiger partial charge in [-0.15, -0.1) is 4.40 Å². The van der Waals surface area contributed by atoms with Crippen LogP contribution in [0.5, 0.6) is 5.75 Å². The summed E-state index contributed by atoms with van der Waals surface area (Å²) < 4.78 is 33.2. The van der Waals surface area contributed by atoms with Gasteiger partial charge in [-0.3, -0.25) is 4.79 Å². The maximum atomic E-state index is 12.6. The second-order valence-corrected chi connectivity index (χ2v) is 9.27. The maximum absolute atomic E-state index is 12.6. The Hall–Kier alpha value is -2.09. The Labute approximate surface area is 160 Å². The number of hydrogen-bond acceptors (Lipinski definition) is 5. The van der Waals surface area contributed by atoms with E-state index in [9.17, 15) is 13.2 Å². The summed E-state index contributed by atoms with van der Waals surface area (Å²) in [5.41, 5.74) is 7.03. The van der Waals surface area contributed by atoms with Crippen molar-refractivity contribution in [2.75, 3.05) is 13.2 Å². The van der Waals surface area contributed by atoms with E-state index in [-0.39, 0.29) is 23.5 Å². The summed E-state index contributed by atoms with van der Waals surface area (Å²) in [6.07, 6.45) is 3.51. The van der Waals surface area contributed by atoms with Crippen LogP contribution in [0.1, 0.15) is 50.7 Å². The lowest BCUT2D eigenvalue weighted by molar-refractivity contribution is -0.136. The van der Waals surface area contributed by atoms with Crippen LogP contribution >= 0.6 is 0 Å². The van der Waals surface area contributed by atoms with E-state index in [2.05, 4.69) is 4.40 Å². The third-order valence-electron chi connectivity index (χ3n) is 4.91. The zero-order chi connectivity index (χ0) is 19.6. The number of benzene rings is 1. The van der Waals surface area contributed by atoms with Crippen LogP contribution in [0.25, 0.3) is 0 Å². The van der Waals surface area contributed by atoms with Crippen LogP contribution in [0.15, 0.2) is 22.6 Å². The topological polar surface area (TPSA) is 102 Å². The third kappa shape index (κ3) is 4.61. The number of hydrogen-bond donors (Lipinski definition) is 1. The third-order valence-corrected chi connectivity index (χ3v) is 6.06. The van der Waals surface area contributed by atoms with Gasteiger partial charge >= 0.3 is 0 Å². The molecule has 0 saturated carbocycles. The van der Waals surface area contributed by atoms with Gasteiger partial charge in [0.15, 0.2) is 0 Å². The van der Waals surface area contributed by atoms with Crippen molar-refractivity contribution < 1.29 is 17.9 Å². The fourth-order valence-corrected chi connectivity index (χ4v) is 4.78. The highest BCUT2D eigenvalue weighted by molar-refractivity contribution is 7.89. The van der Waals surface area contributed by atoms with Crippen molar-refractivity contribution in [3.05, 3.63) is 29.3 Å². The van der Waals surface area contributed by atoms with Crippen molar-refractivity contribution in [1.82, 2.24) is 4.90 Å². The average molecular weight is 394 g/mol. The zero-order valence-electron chi connectivity index (χ0n) is 15.8. The van der Waals surface area contributed by atoms with Gasteiger partial charge in [0.05, 0.1) is 17.4 Å². The van der Waals surface area contributed by atoms with Crippen molar-refractivity contribution in [2.24, 2.45) is 16.0 Å². The Morgan fingerprint density at radius 1 is 1.37 bits per heavy atom. The summed E-state index contributed by atoms with van der Waals surface area (Å²) in [7, 11) is -3.57. The molecule has 27 heavy (non-hydrogen) atoms. The minimum Gasteiger partial charge on any atom is -0.491 e. The molecule has 0 aromatic heterocycles. The molecule has 2 heterocycles. The molecule has 0 radical (unpaired) electrons. The summed E-state index contributed by atoms with van der Waals surface area (Å²) in [4.78, 5) is 14.5. The second-order valence-electron chi connectivity index (χ2n) is 7.64. The quantitative estimate of drug-likeness (QED) is 0.825. The molecule has 2 N–H and O–H groups in total. The van der Waals surface area contributed by atoms with E-state index in [1.165, 1.54) is 0 Å². The lowest BCUT2D eigenvalue weighted by Gasteiger charge is -2.36. The Morgan fingerprint density at radius 3 is 2.89 bits per heavy atom. The minimum atomic E-state index is -3.57. The highest BCUT2D eigenvalue weighted by Crippen LogP contribution is 2.29. The van der Waals surface area contributed by atoms with E-state index in [1.807, 2.05) is 18.7 Å². The van der Waals surface area contributed by atoms with Crippen molar-refractivity contribution in [3.63, 3.8) is 0 Å². The number of sulfonamides is 1. The van der Waals surface area contributed by atoms with E-state index >= 15 is 0 Å². The molecule has 1 saturated heterocycles. The Bertz CT molecular complexity index is 849. The highest BCUT2D eigenvalue weighted by Gasteiger charge is 2.29. The highest BCUT2D eigenvalue weighted by atomic mass is 32.2. The van der Waals surface area contributed by atoms with Gasteiger partial charge in [-0.1, -0.05) is 26.0 Å². The first kappa shape index (κ1) is 19.7. The fourth-order valence-electron chi connectivity index (χ4n) is 3.69. The molecule has 3 rings (SSSR count). The standard InChI is InChI=1S/C19H27N3O4S/c1-13(2)10-17(23)22-9-4-3-7-15(22)11-26-16-8-5-6-14-12-27(24,25)21-19(20)18(14)16/h5-6,8,13,15H,3-4,7,9-12H2,1-2H3,(H2,20,21)/t15-/m1/s1. The number of carbonyl (C=O) groups is 1. The predicted octanol–water partition coefficient (Wildman–Crippen LogP) is 2.04. The molecule has 7 nitrogen and oxygen atoms in total. The van der Waals surface area contributed by atoms with E-state index in [4.69, 9.17) is 10.5 Å². The summed E-state index contributed by atoms with van der Waals surface area (Å²) >= 11 is 0. The van der Waals surface area contributed by atoms with Crippen LogP contribution in [-0.2, 0) is 20.6 Å². The van der Waals surface area contributed by atoms with Crippen molar-refractivity contribution in [3.8, 4) is 5.75 Å². The van der Waals surface area contributed by atoms with Gasteiger partial charge in [0.25, 0.3) is 10.0 Å². The number of carbonyl (C=O) groups excluding carboxylic acids is 1. The summed E-state index contributed by atoms with van der Waals surface area (Å²) in [6.45, 7) is 5.20. The van der Waals surface area contributed by atoms with Gasteiger partial charge in [0.2, 0.25) is 5.91 Å². The van der Waals surface area contributed by atoms with Gasteiger partial charge in [0.1, 0.15) is 18.2 Å². The van der Waals surface area contributed by atoms with Gasteiger partial charge in [-0.25, -0.2) is 8.42 Å². The van der Waals surface area contributed by atoms with Crippen LogP contribution in [0.4, 0.5) is 0 Å². The van der Waals surface area contributed by atoms with E-state index in [1.54, 1.807) is 18.2 Å². The maximum Gasteiger partial charge on any atom is 0.259 e. The van der Waals surface area contributed by atoms with Crippen LogP contribution in [-0.4, -0.2) is 44.3 Å². The first-order valence-electron chi connectivity index (χ1n) is 9.39. The lowest BCUT2D eigenvalue weighted by Crippen LogP contribution is -2.47. The number of fused-ring (bicyclic) bond motifs is 1. The molecule has 1 atom stereocenters. The Balaban J connectivity index is 1.76. The van der Waals surface area contributed by atoms with Crippen LogP contribution in [0.2, 0.25) is 0 Å². The van der Waals surface area contributed by atoms with Crippen molar-refractivity contribution >= 4 is 21.8 Å². The lowest BCUT2D eigenvalue weighted by atomic mass is 10.0. The van der Waals surface area contributed by atoms with E-state index in [0.29, 0.717) is 35.8 Å². The van der Waals surface area contributed by atoms with Gasteiger partial charge in [-0.05, 0) is 36.8 Å². The summed E-state index contributed by atoms with van der Waals surface area (Å²) in [5.74, 6) is 0.789. The van der Waals surface area contributed by atoms with Gasteiger partial charge in [0, 0.05) is 13.0 Å². The molecule has 1 fully saturated rings. The largest absolute Gasteiger partial charge is 0.491 e. The Morgan fingerprint density at radius 2 is 2.15 bits per heavy atom.